The topological polar surface area (TPSA) is 54.4 Å². The highest BCUT2D eigenvalue weighted by atomic mass is 35.5. The number of unbranched alkanes of at least 4 members (excludes halogenated alkanes) is 1. The number of halogens is 1. The van der Waals surface area contributed by atoms with E-state index in [9.17, 15) is 9.59 Å². The van der Waals surface area contributed by atoms with Crippen molar-refractivity contribution in [3.05, 3.63) is 34.9 Å². The fourth-order valence-electron chi connectivity index (χ4n) is 1.36. The van der Waals surface area contributed by atoms with Crippen LogP contribution in [0.4, 0.5) is 0 Å². The van der Waals surface area contributed by atoms with Gasteiger partial charge in [-0.3, -0.25) is 9.59 Å². The maximum absolute atomic E-state index is 11.5. The fraction of sp³-hybridized carbons (Fsp3) is 0.385. The van der Waals surface area contributed by atoms with Crippen molar-refractivity contribution in [2.45, 2.75) is 31.4 Å². The second-order valence-electron chi connectivity index (χ2n) is 3.89. The van der Waals surface area contributed by atoms with Crippen LogP contribution >= 0.6 is 23.4 Å². The van der Waals surface area contributed by atoms with Gasteiger partial charge in [0.05, 0.1) is 0 Å². The number of carbonyl (C=O) groups is 2. The van der Waals surface area contributed by atoms with Crippen molar-refractivity contribution in [2.75, 3.05) is 0 Å². The van der Waals surface area contributed by atoms with E-state index in [4.69, 9.17) is 16.7 Å². The summed E-state index contributed by atoms with van der Waals surface area (Å²) in [4.78, 5) is 21.8. The number of hydrogen-bond acceptors (Lipinski definition) is 3. The van der Waals surface area contributed by atoms with Crippen molar-refractivity contribution in [2.24, 2.45) is 0 Å². The van der Waals surface area contributed by atoms with Gasteiger partial charge in [-0.2, -0.15) is 0 Å². The van der Waals surface area contributed by atoms with Crippen LogP contribution in [0.1, 0.15) is 31.2 Å². The molecule has 98 valence electrons. The molecular weight excluding hydrogens is 272 g/mol. The second kappa shape index (κ2) is 8.16. The molecule has 0 unspecified atom stereocenters. The van der Waals surface area contributed by atoms with Gasteiger partial charge in [0.2, 0.25) is 0 Å². The molecule has 0 fully saturated rings. The molecule has 3 nitrogen and oxygen atoms in total. The molecular formula is C13H15ClO3S. The Kier molecular flexibility index (Phi) is 6.83. The Balaban J connectivity index is 2.17. The Morgan fingerprint density at radius 2 is 1.72 bits per heavy atom. The summed E-state index contributed by atoms with van der Waals surface area (Å²) in [5.74, 6) is -0.175. The molecule has 0 spiro atoms. The number of rotatable bonds is 7. The summed E-state index contributed by atoms with van der Waals surface area (Å²) in [5.41, 5.74) is 1.06. The summed E-state index contributed by atoms with van der Waals surface area (Å²) < 4.78 is 0. The van der Waals surface area contributed by atoms with Gasteiger partial charge in [-0.15, -0.1) is 0 Å². The summed E-state index contributed by atoms with van der Waals surface area (Å²) in [5, 5.41) is 9.24. The van der Waals surface area contributed by atoms with E-state index >= 15 is 0 Å². The largest absolute Gasteiger partial charge is 0.481 e. The average Bonchev–Trinajstić information content (AvgIpc) is 2.34. The third kappa shape index (κ3) is 6.67. The molecule has 5 heteroatoms. The van der Waals surface area contributed by atoms with Gasteiger partial charge in [0.1, 0.15) is 0 Å². The van der Waals surface area contributed by atoms with E-state index in [1.165, 1.54) is 11.8 Å². The molecule has 1 rings (SSSR count). The van der Waals surface area contributed by atoms with E-state index in [1.807, 2.05) is 12.1 Å². The van der Waals surface area contributed by atoms with Gasteiger partial charge in [0.15, 0.2) is 5.12 Å². The number of aliphatic carboxylic acids is 1. The Bertz CT molecular complexity index is 403. The molecule has 0 radical (unpaired) electrons. The monoisotopic (exact) mass is 286 g/mol. The molecule has 0 aliphatic carbocycles. The van der Waals surface area contributed by atoms with E-state index in [-0.39, 0.29) is 11.5 Å². The van der Waals surface area contributed by atoms with Crippen LogP contribution in [0, 0.1) is 0 Å². The van der Waals surface area contributed by atoms with Crippen LogP contribution in [0.25, 0.3) is 0 Å². The quantitative estimate of drug-likeness (QED) is 0.776. The first-order valence-corrected chi connectivity index (χ1v) is 7.06. The van der Waals surface area contributed by atoms with Crippen LogP contribution in [-0.4, -0.2) is 16.2 Å². The highest BCUT2D eigenvalue weighted by molar-refractivity contribution is 8.12. The number of hydrogen-bond donors (Lipinski definition) is 1. The lowest BCUT2D eigenvalue weighted by Crippen LogP contribution is -1.97. The van der Waals surface area contributed by atoms with Crippen molar-refractivity contribution in [3.63, 3.8) is 0 Å². The predicted octanol–water partition coefficient (Wildman–Crippen LogP) is 3.74. The lowest BCUT2D eigenvalue weighted by molar-refractivity contribution is -0.137. The number of carboxylic acids is 1. The summed E-state index contributed by atoms with van der Waals surface area (Å²) in [6.07, 6.45) is 1.77. The van der Waals surface area contributed by atoms with E-state index in [2.05, 4.69) is 0 Å². The zero-order valence-electron chi connectivity index (χ0n) is 9.89. The van der Waals surface area contributed by atoms with Gasteiger partial charge in [-0.25, -0.2) is 0 Å². The third-order valence-corrected chi connectivity index (χ3v) is 3.59. The molecule has 18 heavy (non-hydrogen) atoms. The zero-order chi connectivity index (χ0) is 13.4. The zero-order valence-corrected chi connectivity index (χ0v) is 11.5. The van der Waals surface area contributed by atoms with Crippen LogP contribution in [-0.2, 0) is 15.3 Å². The van der Waals surface area contributed by atoms with E-state index in [1.54, 1.807) is 12.1 Å². The lowest BCUT2D eigenvalue weighted by atomic mass is 10.2. The van der Waals surface area contributed by atoms with Crippen LogP contribution in [0.15, 0.2) is 24.3 Å². The second-order valence-corrected chi connectivity index (χ2v) is 5.36. The maximum Gasteiger partial charge on any atom is 0.303 e. The first kappa shape index (κ1) is 15.1. The molecule has 0 saturated heterocycles. The van der Waals surface area contributed by atoms with Crippen molar-refractivity contribution in [3.8, 4) is 0 Å². The first-order chi connectivity index (χ1) is 8.58. The number of benzene rings is 1. The van der Waals surface area contributed by atoms with E-state index in [0.29, 0.717) is 30.0 Å². The lowest BCUT2D eigenvalue weighted by Gasteiger charge is -2.01. The van der Waals surface area contributed by atoms with E-state index < -0.39 is 5.97 Å². The van der Waals surface area contributed by atoms with Crippen molar-refractivity contribution in [1.29, 1.82) is 0 Å². The van der Waals surface area contributed by atoms with Gasteiger partial charge < -0.3 is 5.11 Å². The molecule has 1 aromatic rings. The minimum Gasteiger partial charge on any atom is -0.481 e. The highest BCUT2D eigenvalue weighted by Crippen LogP contribution is 2.18. The highest BCUT2D eigenvalue weighted by Gasteiger charge is 2.04. The summed E-state index contributed by atoms with van der Waals surface area (Å²) in [6.45, 7) is 0. The number of thioether (sulfide) groups is 1. The van der Waals surface area contributed by atoms with Crippen LogP contribution in [0.2, 0.25) is 5.02 Å². The van der Waals surface area contributed by atoms with E-state index in [0.717, 1.165) is 5.56 Å². The van der Waals surface area contributed by atoms with Crippen molar-refractivity contribution in [1.82, 2.24) is 0 Å². The molecule has 1 N–H and O–H groups in total. The van der Waals surface area contributed by atoms with Gasteiger partial charge in [-0.1, -0.05) is 35.5 Å². The molecule has 0 amide bonds. The molecule has 0 bridgehead atoms. The molecule has 0 saturated carbocycles. The van der Waals surface area contributed by atoms with Crippen molar-refractivity contribution >= 4 is 34.4 Å². The van der Waals surface area contributed by atoms with Crippen LogP contribution in [0.5, 0.6) is 0 Å². The van der Waals surface area contributed by atoms with Gasteiger partial charge in [0.25, 0.3) is 0 Å². The Hall–Kier alpha value is -1.00. The maximum atomic E-state index is 11.5. The molecule has 1 aromatic carbocycles. The number of carboxylic acid groups (broad SMARTS) is 1. The SMILES string of the molecule is O=C(O)CCCCC(=O)SCc1ccc(Cl)cc1. The van der Waals surface area contributed by atoms with Crippen molar-refractivity contribution < 1.29 is 14.7 Å². The Morgan fingerprint density at radius 1 is 1.11 bits per heavy atom. The summed E-state index contributed by atoms with van der Waals surface area (Å²) >= 11 is 7.03. The Morgan fingerprint density at radius 3 is 2.33 bits per heavy atom. The fourth-order valence-corrected chi connectivity index (χ4v) is 2.30. The Labute approximate surface area is 116 Å². The summed E-state index contributed by atoms with van der Waals surface area (Å²) in [6, 6.07) is 7.39. The molecule has 0 heterocycles. The summed E-state index contributed by atoms with van der Waals surface area (Å²) in [7, 11) is 0. The average molecular weight is 287 g/mol. The minimum atomic E-state index is -0.809. The minimum absolute atomic E-state index is 0.107. The molecule has 0 aliphatic heterocycles. The molecule has 0 atom stereocenters. The smallest absolute Gasteiger partial charge is 0.303 e. The van der Waals surface area contributed by atoms with Gasteiger partial charge in [0, 0.05) is 23.6 Å². The third-order valence-electron chi connectivity index (χ3n) is 2.33. The van der Waals surface area contributed by atoms with Gasteiger partial charge in [-0.05, 0) is 30.5 Å². The molecule has 0 aliphatic rings. The van der Waals surface area contributed by atoms with Crippen LogP contribution in [0.3, 0.4) is 0 Å². The van der Waals surface area contributed by atoms with Gasteiger partial charge >= 0.3 is 5.97 Å². The normalized spacial score (nSPS) is 10.3. The predicted molar refractivity (Wildman–Crippen MR) is 73.9 cm³/mol. The molecule has 0 aromatic heterocycles. The first-order valence-electron chi connectivity index (χ1n) is 5.70. The van der Waals surface area contributed by atoms with Crippen LogP contribution < -0.4 is 0 Å². The standard InChI is InChI=1S/C13H15ClO3S/c14-11-7-5-10(6-8-11)9-18-13(17)4-2-1-3-12(15)16/h5-8H,1-4,9H2,(H,15,16). The number of carbonyl (C=O) groups excluding carboxylic acids is 1.